The van der Waals surface area contributed by atoms with Gasteiger partial charge in [-0.3, -0.25) is 34.5 Å². The number of rotatable bonds is 45. The molecule has 2 atom stereocenters. The number of imidazole rings is 1. The van der Waals surface area contributed by atoms with Gasteiger partial charge in [0.1, 0.15) is 53.2 Å². The third kappa shape index (κ3) is 35.9. The van der Waals surface area contributed by atoms with Crippen LogP contribution in [0.15, 0.2) is 36.9 Å². The number of nitrogens with one attached hydrogen (secondary N) is 4. The number of esters is 3. The van der Waals surface area contributed by atoms with Gasteiger partial charge in [0.2, 0.25) is 5.91 Å². The normalized spacial score (nSPS) is 12.4. The van der Waals surface area contributed by atoms with Crippen LogP contribution < -0.4 is 21.3 Å². The number of amides is 3. The molecule has 0 radical (unpaired) electrons. The molecular formula is C57H91N11O21. The molecule has 3 amide bonds. The number of nitrogens with zero attached hydrogens (tertiary/aromatic N) is 7. The Morgan fingerprint density at radius 2 is 1.11 bits per heavy atom. The van der Waals surface area contributed by atoms with Crippen LogP contribution in [0.5, 0.6) is 0 Å². The predicted molar refractivity (Wildman–Crippen MR) is 318 cm³/mol. The number of unbranched alkanes of at least 4 members (excludes halogenated alkanes) is 1. The number of carbonyl (C=O) groups is 6. The van der Waals surface area contributed by atoms with E-state index in [0.29, 0.717) is 136 Å². The summed E-state index contributed by atoms with van der Waals surface area (Å²) in [6, 6.07) is 0.224. The number of aryl methyl sites for hydroxylation is 2. The number of benzene rings is 1. The monoisotopic (exact) mass is 1270 g/mol. The first-order valence-corrected chi connectivity index (χ1v) is 29.5. The number of non-ortho nitro benzene ring substituents is 1. The Morgan fingerprint density at radius 3 is 1.63 bits per heavy atom. The second-order valence-electron chi connectivity index (χ2n) is 22.8. The molecular weight excluding hydrogens is 1170 g/mol. The van der Waals surface area contributed by atoms with Crippen molar-refractivity contribution in [1.29, 1.82) is 0 Å². The second kappa shape index (κ2) is 40.9. The number of hydrogen-bond donors (Lipinski definition) is 4. The number of ether oxygens (including phenoxy) is 11. The maximum absolute atomic E-state index is 13.2. The molecule has 32 heteroatoms. The van der Waals surface area contributed by atoms with Crippen LogP contribution in [0.1, 0.15) is 119 Å². The average Bonchev–Trinajstić information content (AvgIpc) is 4.29. The Hall–Kier alpha value is -7.49. The van der Waals surface area contributed by atoms with Crippen molar-refractivity contribution in [1.82, 2.24) is 40.5 Å². The molecule has 89 heavy (non-hydrogen) atoms. The Bertz CT molecular complexity index is 2630. The van der Waals surface area contributed by atoms with Gasteiger partial charge in [0.25, 0.3) is 11.4 Å². The van der Waals surface area contributed by atoms with Gasteiger partial charge in [-0.2, -0.15) is 0 Å². The zero-order valence-corrected chi connectivity index (χ0v) is 52.7. The molecule has 0 bridgehead atoms. The van der Waals surface area contributed by atoms with E-state index in [1.165, 1.54) is 29.2 Å². The van der Waals surface area contributed by atoms with Gasteiger partial charge >= 0.3 is 30.0 Å². The minimum absolute atomic E-state index is 0.0215. The van der Waals surface area contributed by atoms with E-state index >= 15 is 0 Å². The largest absolute Gasteiger partial charge is 0.460 e. The Morgan fingerprint density at radius 1 is 0.596 bits per heavy atom. The lowest BCUT2D eigenvalue weighted by Crippen LogP contribution is -2.53. The zero-order valence-electron chi connectivity index (χ0n) is 52.7. The highest BCUT2D eigenvalue weighted by Gasteiger charge is 2.32. The smallest absolute Gasteiger partial charge is 0.419 e. The van der Waals surface area contributed by atoms with Crippen LogP contribution in [0, 0.1) is 20.2 Å². The fourth-order valence-electron chi connectivity index (χ4n) is 7.54. The standard InChI is InChI=1S/C57H91N11O21/c1-55(2,3)87-50(70)18-17-47(52(72)89-57(7,8)9)62-53(73)61-46(51(71)88-56(4,5)6)13-10-11-20-58-49(69)14-12-22-79-23-24-80-25-26-81-27-28-82-29-30-83-31-32-84-33-34-85-35-36-86-54(74)65-39-42(60-41-65)19-21-66-40-43(63-64-66)38-59-45-16-15-44(67(75)76)37-48(45)68(77)78/h15-16,37,39-41,46-47,59H,10-14,17-36,38H2,1-9H3,(H,58,69)(H2,61,62,73)/t46-,47-/m0/s1. The average molecular weight is 1270 g/mol. The minimum atomic E-state index is -1.20. The maximum Gasteiger partial charge on any atom is 0.419 e. The van der Waals surface area contributed by atoms with Crippen molar-refractivity contribution in [3.05, 3.63) is 68.5 Å². The topological polar surface area (TPSA) is 387 Å². The van der Waals surface area contributed by atoms with Gasteiger partial charge in [-0.25, -0.2) is 28.7 Å². The van der Waals surface area contributed by atoms with Gasteiger partial charge < -0.3 is 73.4 Å². The van der Waals surface area contributed by atoms with Gasteiger partial charge in [-0.15, -0.1) is 5.10 Å². The summed E-state index contributed by atoms with van der Waals surface area (Å²) in [5, 5.41) is 41.3. The molecule has 0 aliphatic carbocycles. The summed E-state index contributed by atoms with van der Waals surface area (Å²) in [4.78, 5) is 102. The molecule has 0 spiro atoms. The van der Waals surface area contributed by atoms with E-state index in [1.807, 2.05) is 0 Å². The molecule has 4 N–H and O–H groups in total. The van der Waals surface area contributed by atoms with Crippen LogP contribution >= 0.6 is 0 Å². The lowest BCUT2D eigenvalue weighted by Gasteiger charge is -2.27. The number of aromatic nitrogens is 5. The van der Waals surface area contributed by atoms with E-state index in [4.69, 9.17) is 52.1 Å². The molecule has 500 valence electrons. The highest BCUT2D eigenvalue weighted by Crippen LogP contribution is 2.29. The lowest BCUT2D eigenvalue weighted by atomic mass is 10.1. The number of anilines is 1. The van der Waals surface area contributed by atoms with E-state index in [9.17, 15) is 49.0 Å². The van der Waals surface area contributed by atoms with Crippen molar-refractivity contribution in [3.63, 3.8) is 0 Å². The molecule has 0 aliphatic heterocycles. The first-order valence-electron chi connectivity index (χ1n) is 29.5. The molecule has 0 saturated heterocycles. The van der Waals surface area contributed by atoms with Crippen LogP contribution in [0.4, 0.5) is 26.7 Å². The van der Waals surface area contributed by atoms with Gasteiger partial charge in [0, 0.05) is 51.2 Å². The highest BCUT2D eigenvalue weighted by molar-refractivity contribution is 5.87. The van der Waals surface area contributed by atoms with Crippen LogP contribution in [-0.2, 0) is 90.8 Å². The fraction of sp³-hybridized carbons (Fsp3) is 0.702. The Balaban J connectivity index is 1.10. The van der Waals surface area contributed by atoms with E-state index in [0.717, 1.165) is 6.07 Å². The second-order valence-corrected chi connectivity index (χ2v) is 22.8. The van der Waals surface area contributed by atoms with E-state index in [-0.39, 0.29) is 57.0 Å². The minimum Gasteiger partial charge on any atom is -0.460 e. The molecule has 2 aromatic heterocycles. The number of hydrogen-bond acceptors (Lipinski definition) is 25. The first-order chi connectivity index (χ1) is 42.2. The summed E-state index contributed by atoms with van der Waals surface area (Å²) in [6.07, 6.45) is 5.97. The Kier molecular flexibility index (Phi) is 34.8. The third-order valence-corrected chi connectivity index (χ3v) is 11.5. The summed E-state index contributed by atoms with van der Waals surface area (Å²) in [5.41, 5.74) is -2.09. The maximum atomic E-state index is 13.2. The van der Waals surface area contributed by atoms with Gasteiger partial charge in [-0.1, -0.05) is 5.21 Å². The van der Waals surface area contributed by atoms with Crippen molar-refractivity contribution in [3.8, 4) is 0 Å². The molecule has 1 aromatic carbocycles. The van der Waals surface area contributed by atoms with Gasteiger partial charge in [-0.05, 0) is 100 Å². The highest BCUT2D eigenvalue weighted by atomic mass is 16.6. The third-order valence-electron chi connectivity index (χ3n) is 11.5. The van der Waals surface area contributed by atoms with Crippen molar-refractivity contribution >= 4 is 53.0 Å². The van der Waals surface area contributed by atoms with Crippen LogP contribution in [0.2, 0.25) is 0 Å². The number of nitro benzene ring substituents is 2. The summed E-state index contributed by atoms with van der Waals surface area (Å²) >= 11 is 0. The summed E-state index contributed by atoms with van der Waals surface area (Å²) < 4.78 is 63.0. The molecule has 2 heterocycles. The first kappa shape index (κ1) is 75.8. The fourth-order valence-corrected chi connectivity index (χ4v) is 7.54. The van der Waals surface area contributed by atoms with Crippen molar-refractivity contribution in [2.24, 2.45) is 0 Å². The van der Waals surface area contributed by atoms with Crippen molar-refractivity contribution in [2.75, 3.05) is 111 Å². The van der Waals surface area contributed by atoms with E-state index in [1.54, 1.807) is 73.2 Å². The molecule has 3 rings (SSSR count). The zero-order chi connectivity index (χ0) is 65.7. The number of urea groups is 1. The van der Waals surface area contributed by atoms with Gasteiger partial charge in [0.15, 0.2) is 0 Å². The van der Waals surface area contributed by atoms with Crippen molar-refractivity contribution < 1.29 is 90.7 Å². The van der Waals surface area contributed by atoms with Crippen molar-refractivity contribution in [2.45, 2.75) is 156 Å². The lowest BCUT2D eigenvalue weighted by molar-refractivity contribution is -0.393. The summed E-state index contributed by atoms with van der Waals surface area (Å²) in [6.45, 7) is 21.1. The predicted octanol–water partition coefficient (Wildman–Crippen LogP) is 5.16. The summed E-state index contributed by atoms with van der Waals surface area (Å²) in [7, 11) is 0. The molecule has 0 unspecified atom stereocenters. The van der Waals surface area contributed by atoms with E-state index in [2.05, 4.69) is 36.6 Å². The van der Waals surface area contributed by atoms with E-state index < -0.39 is 80.1 Å². The van der Waals surface area contributed by atoms with Crippen LogP contribution in [-0.4, -0.2) is 205 Å². The van der Waals surface area contributed by atoms with Crippen LogP contribution in [0.25, 0.3) is 0 Å². The number of nitro groups is 2. The van der Waals surface area contributed by atoms with Gasteiger partial charge in [0.05, 0.1) is 120 Å². The quantitative estimate of drug-likeness (QED) is 0.0187. The SMILES string of the molecule is CC(C)(C)OC(=O)CC[C@H](NC(=O)N[C@@H](CCCCNC(=O)CCCOCCOCCOCCOCCOCCOCCOCCOC(=O)n1cnc(CCn2cc(CNc3ccc([N+](=O)[O-])cc3[N+](=O)[O-])nn2)c1)C(=O)OC(C)(C)C)C(=O)OC(C)(C)C. The molecule has 3 aromatic rings. The molecule has 0 fully saturated rings. The molecule has 32 nitrogen and oxygen atoms in total. The molecule has 0 saturated carbocycles. The van der Waals surface area contributed by atoms with Crippen LogP contribution in [0.3, 0.4) is 0 Å². The molecule has 0 aliphatic rings. The Labute approximate surface area is 517 Å². The summed E-state index contributed by atoms with van der Waals surface area (Å²) in [5.74, 6) is -2.11. The number of carbonyl (C=O) groups excluding carboxylic acids is 6.